The van der Waals surface area contributed by atoms with Gasteiger partial charge >= 0.3 is 6.09 Å². The number of benzene rings is 1. The van der Waals surface area contributed by atoms with Crippen LogP contribution in [0.1, 0.15) is 77.1 Å². The molecule has 0 spiro atoms. The molecule has 0 aliphatic rings. The number of rotatable bonds is 9. The smallest absolute Gasteiger partial charge is 0.408 e. The van der Waals surface area contributed by atoms with E-state index in [1.165, 1.54) is 0 Å². The molecule has 0 radical (unpaired) electrons. The minimum Gasteiger partial charge on any atom is -0.444 e. The molecule has 10 nitrogen and oxygen atoms in total. The molecule has 0 fully saturated rings. The summed E-state index contributed by atoms with van der Waals surface area (Å²) in [5.74, 6) is -1.85. The molecule has 0 bridgehead atoms. The fourth-order valence-corrected chi connectivity index (χ4v) is 3.69. The maximum atomic E-state index is 13.8. The minimum atomic E-state index is -1.25. The molecule has 0 aromatic heterocycles. The summed E-state index contributed by atoms with van der Waals surface area (Å²) in [4.78, 5) is 52.5. The van der Waals surface area contributed by atoms with E-state index in [9.17, 15) is 24.4 Å². The van der Waals surface area contributed by atoms with Gasteiger partial charge in [-0.2, -0.15) is 5.26 Å². The zero-order valence-corrected chi connectivity index (χ0v) is 22.5. The van der Waals surface area contributed by atoms with Crippen molar-refractivity contribution in [1.29, 1.82) is 5.26 Å². The summed E-state index contributed by atoms with van der Waals surface area (Å²) < 4.78 is 5.28. The SMILES string of the molecule is Cc1cccc(C)c1C(C(=O)NC(C)(C)C)N(CC#N)C(=O)C(CCC(N)=O)NC(=O)OC(C)(C)C. The highest BCUT2D eigenvalue weighted by Crippen LogP contribution is 2.29. The second kappa shape index (κ2) is 12.4. The highest BCUT2D eigenvalue weighted by atomic mass is 16.6. The molecule has 0 aliphatic heterocycles. The standard InChI is InChI=1S/C26H39N5O5/c1-16-10-9-11-17(2)20(16)21(22(33)30-25(3,4)5)31(15-14-27)23(34)18(12-13-19(28)32)29-24(35)36-26(6,7)8/h9-11,18,21H,12-13,15H2,1-8H3,(H2,28,32)(H,29,35)(H,30,33). The van der Waals surface area contributed by atoms with Gasteiger partial charge in [0, 0.05) is 12.0 Å². The molecule has 0 heterocycles. The van der Waals surface area contributed by atoms with Crippen LogP contribution in [0.2, 0.25) is 0 Å². The Morgan fingerprint density at radius 1 is 1.08 bits per heavy atom. The Balaban J connectivity index is 3.59. The zero-order valence-electron chi connectivity index (χ0n) is 22.5. The van der Waals surface area contributed by atoms with Gasteiger partial charge < -0.3 is 26.0 Å². The molecule has 0 saturated heterocycles. The van der Waals surface area contributed by atoms with Crippen molar-refractivity contribution in [1.82, 2.24) is 15.5 Å². The summed E-state index contributed by atoms with van der Waals surface area (Å²) in [6.07, 6.45) is -1.20. The van der Waals surface area contributed by atoms with Gasteiger partial charge in [0.25, 0.3) is 0 Å². The van der Waals surface area contributed by atoms with Gasteiger partial charge in [-0.1, -0.05) is 18.2 Å². The first kappa shape index (κ1) is 30.4. The highest BCUT2D eigenvalue weighted by Gasteiger charge is 2.38. The van der Waals surface area contributed by atoms with E-state index in [-0.39, 0.29) is 12.8 Å². The predicted molar refractivity (Wildman–Crippen MR) is 135 cm³/mol. The third-order valence-electron chi connectivity index (χ3n) is 5.07. The van der Waals surface area contributed by atoms with Gasteiger partial charge in [-0.25, -0.2) is 4.79 Å². The van der Waals surface area contributed by atoms with Crippen molar-refractivity contribution in [3.05, 3.63) is 34.9 Å². The van der Waals surface area contributed by atoms with Crippen molar-refractivity contribution in [2.75, 3.05) is 6.54 Å². The third-order valence-corrected chi connectivity index (χ3v) is 5.07. The maximum Gasteiger partial charge on any atom is 0.408 e. The fourth-order valence-electron chi connectivity index (χ4n) is 3.69. The molecule has 2 unspecified atom stereocenters. The number of aryl methyl sites for hydroxylation is 2. The molecule has 36 heavy (non-hydrogen) atoms. The third kappa shape index (κ3) is 9.56. The summed E-state index contributed by atoms with van der Waals surface area (Å²) in [6, 6.07) is 5.02. The zero-order chi connectivity index (χ0) is 27.8. The summed E-state index contributed by atoms with van der Waals surface area (Å²) in [7, 11) is 0. The minimum absolute atomic E-state index is 0.129. The number of carbonyl (C=O) groups excluding carboxylic acids is 4. The number of primary amides is 1. The van der Waals surface area contributed by atoms with Gasteiger partial charge in [0.2, 0.25) is 17.7 Å². The molecule has 198 valence electrons. The highest BCUT2D eigenvalue weighted by molar-refractivity contribution is 5.93. The van der Waals surface area contributed by atoms with Crippen LogP contribution in [-0.2, 0) is 19.1 Å². The molecule has 0 saturated carbocycles. The normalized spacial score (nSPS) is 13.1. The first-order valence-electron chi connectivity index (χ1n) is 11.8. The van der Waals surface area contributed by atoms with Crippen LogP contribution in [0.4, 0.5) is 4.79 Å². The Bertz CT molecular complexity index is 997. The van der Waals surface area contributed by atoms with Gasteiger partial charge in [0.05, 0.1) is 6.07 Å². The molecule has 0 aliphatic carbocycles. The van der Waals surface area contributed by atoms with E-state index in [0.717, 1.165) is 16.0 Å². The molecular weight excluding hydrogens is 462 g/mol. The average molecular weight is 502 g/mol. The van der Waals surface area contributed by atoms with E-state index >= 15 is 0 Å². The largest absolute Gasteiger partial charge is 0.444 e. The molecule has 1 aromatic carbocycles. The Labute approximate surface area is 213 Å². The first-order valence-corrected chi connectivity index (χ1v) is 11.8. The summed E-state index contributed by atoms with van der Waals surface area (Å²) in [5.41, 5.74) is 5.94. The van der Waals surface area contributed by atoms with Gasteiger partial charge in [0.1, 0.15) is 24.2 Å². The number of ether oxygens (including phenoxy) is 1. The lowest BCUT2D eigenvalue weighted by Gasteiger charge is -2.35. The lowest BCUT2D eigenvalue weighted by molar-refractivity contribution is -0.142. The Morgan fingerprint density at radius 3 is 2.08 bits per heavy atom. The average Bonchev–Trinajstić information content (AvgIpc) is 2.69. The van der Waals surface area contributed by atoms with Crippen molar-refractivity contribution >= 4 is 23.8 Å². The number of nitrogens with one attached hydrogen (secondary N) is 2. The van der Waals surface area contributed by atoms with Crippen LogP contribution in [0.5, 0.6) is 0 Å². The van der Waals surface area contributed by atoms with Crippen LogP contribution >= 0.6 is 0 Å². The van der Waals surface area contributed by atoms with Crippen LogP contribution in [0.15, 0.2) is 18.2 Å². The van der Waals surface area contributed by atoms with E-state index in [1.54, 1.807) is 20.8 Å². The Hall–Kier alpha value is -3.61. The van der Waals surface area contributed by atoms with Crippen molar-refractivity contribution < 1.29 is 23.9 Å². The molecule has 2 atom stereocenters. The molecule has 1 aromatic rings. The van der Waals surface area contributed by atoms with E-state index in [0.29, 0.717) is 5.56 Å². The van der Waals surface area contributed by atoms with Crippen LogP contribution in [0.25, 0.3) is 0 Å². The maximum absolute atomic E-state index is 13.8. The Morgan fingerprint density at radius 2 is 1.64 bits per heavy atom. The second-order valence-corrected chi connectivity index (χ2v) is 10.8. The fraction of sp³-hybridized carbons (Fsp3) is 0.577. The summed E-state index contributed by atoms with van der Waals surface area (Å²) in [5, 5.41) is 15.0. The molecule has 4 N–H and O–H groups in total. The molecule has 4 amide bonds. The number of amides is 4. The number of nitrogens with zero attached hydrogens (tertiary/aromatic N) is 2. The quantitative estimate of drug-likeness (QED) is 0.442. The van der Waals surface area contributed by atoms with Crippen molar-refractivity contribution in [3.63, 3.8) is 0 Å². The predicted octanol–water partition coefficient (Wildman–Crippen LogP) is 2.77. The number of nitrogens with two attached hydrogens (primary N) is 1. The van der Waals surface area contributed by atoms with Crippen molar-refractivity contribution in [3.8, 4) is 6.07 Å². The topological polar surface area (TPSA) is 155 Å². The molecule has 10 heteroatoms. The van der Waals surface area contributed by atoms with Crippen LogP contribution in [0, 0.1) is 25.2 Å². The summed E-state index contributed by atoms with van der Waals surface area (Å²) in [6.45, 7) is 13.6. The lowest BCUT2D eigenvalue weighted by atomic mass is 9.92. The second-order valence-electron chi connectivity index (χ2n) is 10.8. The van der Waals surface area contributed by atoms with Gasteiger partial charge in [-0.05, 0) is 78.5 Å². The van der Waals surface area contributed by atoms with Gasteiger partial charge in [-0.15, -0.1) is 0 Å². The van der Waals surface area contributed by atoms with E-state index in [1.807, 2.05) is 58.9 Å². The van der Waals surface area contributed by atoms with Crippen molar-refractivity contribution in [2.24, 2.45) is 5.73 Å². The van der Waals surface area contributed by atoms with Crippen LogP contribution in [0.3, 0.4) is 0 Å². The van der Waals surface area contributed by atoms with Crippen LogP contribution < -0.4 is 16.4 Å². The Kier molecular flexibility index (Phi) is 10.5. The lowest BCUT2D eigenvalue weighted by Crippen LogP contribution is -2.55. The number of carbonyl (C=O) groups is 4. The number of hydrogen-bond acceptors (Lipinski definition) is 6. The monoisotopic (exact) mass is 501 g/mol. The summed E-state index contributed by atoms with van der Waals surface area (Å²) >= 11 is 0. The number of alkyl carbamates (subject to hydrolysis) is 1. The molecule has 1 rings (SSSR count). The van der Waals surface area contributed by atoms with E-state index < -0.39 is 53.6 Å². The van der Waals surface area contributed by atoms with E-state index in [2.05, 4.69) is 10.6 Å². The first-order chi connectivity index (χ1) is 16.5. The number of nitriles is 1. The van der Waals surface area contributed by atoms with Crippen LogP contribution in [-0.4, -0.2) is 52.4 Å². The van der Waals surface area contributed by atoms with Gasteiger partial charge in [0.15, 0.2) is 0 Å². The van der Waals surface area contributed by atoms with Gasteiger partial charge in [-0.3, -0.25) is 14.4 Å². The number of hydrogen-bond donors (Lipinski definition) is 3. The van der Waals surface area contributed by atoms with Crippen molar-refractivity contribution in [2.45, 2.75) is 91.5 Å². The molecular formula is C26H39N5O5. The van der Waals surface area contributed by atoms with E-state index in [4.69, 9.17) is 10.5 Å².